The molecule has 0 aromatic rings. The molecule has 0 amide bonds. The van der Waals surface area contributed by atoms with Crippen molar-refractivity contribution >= 4 is 17.7 Å². The summed E-state index contributed by atoms with van der Waals surface area (Å²) in [6.45, 7) is 0. The maximum absolute atomic E-state index is 11.2. The Morgan fingerprint density at radius 3 is 2.57 bits per heavy atom. The van der Waals surface area contributed by atoms with Crippen LogP contribution in [-0.2, 0) is 4.79 Å². The van der Waals surface area contributed by atoms with Gasteiger partial charge in [-0.05, 0) is 43.1 Å². The van der Waals surface area contributed by atoms with Crippen LogP contribution in [0.2, 0.25) is 0 Å². The van der Waals surface area contributed by atoms with Crippen LogP contribution >= 0.6 is 11.8 Å². The number of hydrogen-bond donors (Lipinski definition) is 2. The average molecular weight is 216 g/mol. The van der Waals surface area contributed by atoms with Crippen LogP contribution < -0.4 is 0 Å². The summed E-state index contributed by atoms with van der Waals surface area (Å²) in [6, 6.07) is 0. The van der Waals surface area contributed by atoms with Gasteiger partial charge in [-0.1, -0.05) is 0 Å². The van der Waals surface area contributed by atoms with Crippen molar-refractivity contribution in [1.82, 2.24) is 0 Å². The second-order valence-electron chi connectivity index (χ2n) is 4.44. The number of hydrogen-bond acceptors (Lipinski definition) is 3. The standard InChI is InChI=1S/C10H16O3S/c11-8-4-10(5-8,9(12)13)7-2-1-3-14-6-7/h7-8,11H,1-6H2,(H,12,13). The van der Waals surface area contributed by atoms with E-state index in [0.29, 0.717) is 12.8 Å². The van der Waals surface area contributed by atoms with Gasteiger partial charge in [0.05, 0.1) is 11.5 Å². The summed E-state index contributed by atoms with van der Waals surface area (Å²) in [5.74, 6) is 1.70. The Morgan fingerprint density at radius 1 is 1.43 bits per heavy atom. The zero-order valence-corrected chi connectivity index (χ0v) is 8.92. The molecule has 0 aromatic heterocycles. The fourth-order valence-electron chi connectivity index (χ4n) is 2.64. The number of carboxylic acid groups (broad SMARTS) is 1. The van der Waals surface area contributed by atoms with Gasteiger partial charge in [-0.15, -0.1) is 0 Å². The molecule has 3 nitrogen and oxygen atoms in total. The molecule has 2 rings (SSSR count). The van der Waals surface area contributed by atoms with E-state index in [1.54, 1.807) is 0 Å². The molecule has 4 heteroatoms. The molecular formula is C10H16O3S. The van der Waals surface area contributed by atoms with Gasteiger partial charge in [0, 0.05) is 0 Å². The molecule has 1 aliphatic carbocycles. The number of aliphatic hydroxyl groups excluding tert-OH is 1. The first kappa shape index (κ1) is 10.3. The number of aliphatic carboxylic acids is 1. The molecule has 2 fully saturated rings. The molecule has 80 valence electrons. The number of thioether (sulfide) groups is 1. The first-order chi connectivity index (χ1) is 6.65. The Morgan fingerprint density at radius 2 is 2.14 bits per heavy atom. The molecule has 0 spiro atoms. The van der Waals surface area contributed by atoms with Crippen molar-refractivity contribution in [1.29, 1.82) is 0 Å². The number of rotatable bonds is 2. The van der Waals surface area contributed by atoms with Crippen LogP contribution in [0, 0.1) is 11.3 Å². The van der Waals surface area contributed by atoms with Crippen molar-refractivity contribution in [2.45, 2.75) is 31.8 Å². The SMILES string of the molecule is O=C(O)C1(C2CCCSC2)CC(O)C1. The smallest absolute Gasteiger partial charge is 0.310 e. The molecule has 0 aromatic carbocycles. The Balaban J connectivity index is 2.07. The van der Waals surface area contributed by atoms with E-state index in [-0.39, 0.29) is 12.0 Å². The lowest BCUT2D eigenvalue weighted by Gasteiger charge is -2.48. The van der Waals surface area contributed by atoms with E-state index < -0.39 is 11.4 Å². The predicted molar refractivity (Wildman–Crippen MR) is 55.4 cm³/mol. The van der Waals surface area contributed by atoms with Crippen molar-refractivity contribution in [2.75, 3.05) is 11.5 Å². The lowest BCUT2D eigenvalue weighted by Crippen LogP contribution is -2.53. The van der Waals surface area contributed by atoms with Gasteiger partial charge in [-0.25, -0.2) is 0 Å². The van der Waals surface area contributed by atoms with E-state index in [1.807, 2.05) is 11.8 Å². The average Bonchev–Trinajstić information content (AvgIpc) is 2.13. The molecule has 1 atom stereocenters. The van der Waals surface area contributed by atoms with E-state index >= 15 is 0 Å². The molecule has 1 aliphatic heterocycles. The van der Waals surface area contributed by atoms with Gasteiger partial charge >= 0.3 is 5.97 Å². The van der Waals surface area contributed by atoms with Crippen LogP contribution in [0.3, 0.4) is 0 Å². The Labute approximate surface area is 87.9 Å². The highest BCUT2D eigenvalue weighted by Crippen LogP contribution is 2.51. The van der Waals surface area contributed by atoms with Crippen molar-refractivity contribution < 1.29 is 15.0 Å². The van der Waals surface area contributed by atoms with Crippen LogP contribution in [0.5, 0.6) is 0 Å². The van der Waals surface area contributed by atoms with Gasteiger partial charge in [0.1, 0.15) is 0 Å². The van der Waals surface area contributed by atoms with Gasteiger partial charge in [0.25, 0.3) is 0 Å². The largest absolute Gasteiger partial charge is 0.481 e. The van der Waals surface area contributed by atoms with E-state index in [0.717, 1.165) is 24.3 Å². The Kier molecular flexibility index (Phi) is 2.75. The van der Waals surface area contributed by atoms with E-state index in [2.05, 4.69) is 0 Å². The van der Waals surface area contributed by atoms with Crippen LogP contribution in [0.1, 0.15) is 25.7 Å². The lowest BCUT2D eigenvalue weighted by molar-refractivity contribution is -0.170. The van der Waals surface area contributed by atoms with E-state index in [1.165, 1.54) is 0 Å². The highest BCUT2D eigenvalue weighted by molar-refractivity contribution is 7.99. The van der Waals surface area contributed by atoms with Gasteiger partial charge in [-0.2, -0.15) is 11.8 Å². The third-order valence-electron chi connectivity index (χ3n) is 3.57. The summed E-state index contributed by atoms with van der Waals surface area (Å²) >= 11 is 1.85. The highest BCUT2D eigenvalue weighted by atomic mass is 32.2. The van der Waals surface area contributed by atoms with Gasteiger partial charge < -0.3 is 10.2 Å². The normalized spacial score (nSPS) is 42.9. The summed E-state index contributed by atoms with van der Waals surface area (Å²) in [5, 5.41) is 18.5. The topological polar surface area (TPSA) is 57.5 Å². The van der Waals surface area contributed by atoms with Crippen molar-refractivity contribution in [3.05, 3.63) is 0 Å². The van der Waals surface area contributed by atoms with Crippen molar-refractivity contribution in [3.8, 4) is 0 Å². The van der Waals surface area contributed by atoms with Crippen LogP contribution in [-0.4, -0.2) is 33.8 Å². The minimum atomic E-state index is -0.699. The molecular weight excluding hydrogens is 200 g/mol. The molecule has 1 heterocycles. The minimum absolute atomic E-state index is 0.280. The third kappa shape index (κ3) is 1.54. The lowest BCUT2D eigenvalue weighted by atomic mass is 9.59. The van der Waals surface area contributed by atoms with Crippen molar-refractivity contribution in [3.63, 3.8) is 0 Å². The molecule has 0 radical (unpaired) electrons. The maximum Gasteiger partial charge on any atom is 0.310 e. The van der Waals surface area contributed by atoms with Crippen LogP contribution in [0.15, 0.2) is 0 Å². The fraction of sp³-hybridized carbons (Fsp3) is 0.900. The molecule has 2 aliphatic rings. The summed E-state index contributed by atoms with van der Waals surface area (Å²) in [6.07, 6.45) is 2.70. The highest BCUT2D eigenvalue weighted by Gasteiger charge is 2.54. The summed E-state index contributed by atoms with van der Waals surface area (Å²) < 4.78 is 0. The molecule has 1 saturated heterocycles. The third-order valence-corrected chi connectivity index (χ3v) is 4.78. The first-order valence-electron chi connectivity index (χ1n) is 5.14. The number of aliphatic hydroxyl groups is 1. The Bertz CT molecular complexity index is 230. The molecule has 0 bridgehead atoms. The summed E-state index contributed by atoms with van der Waals surface area (Å²) in [7, 11) is 0. The molecule has 14 heavy (non-hydrogen) atoms. The first-order valence-corrected chi connectivity index (χ1v) is 6.30. The Hall–Kier alpha value is -0.220. The van der Waals surface area contributed by atoms with Crippen molar-refractivity contribution in [2.24, 2.45) is 11.3 Å². The zero-order valence-electron chi connectivity index (χ0n) is 8.11. The summed E-state index contributed by atoms with van der Waals surface area (Å²) in [4.78, 5) is 11.2. The second-order valence-corrected chi connectivity index (χ2v) is 5.59. The van der Waals surface area contributed by atoms with Gasteiger partial charge in [0.2, 0.25) is 0 Å². The second kappa shape index (κ2) is 3.74. The maximum atomic E-state index is 11.2. The molecule has 1 saturated carbocycles. The van der Waals surface area contributed by atoms with E-state index in [9.17, 15) is 15.0 Å². The number of carbonyl (C=O) groups is 1. The fourth-order valence-corrected chi connectivity index (χ4v) is 3.95. The van der Waals surface area contributed by atoms with Crippen LogP contribution in [0.25, 0.3) is 0 Å². The molecule has 2 N–H and O–H groups in total. The zero-order chi connectivity index (χ0) is 10.2. The quantitative estimate of drug-likeness (QED) is 0.731. The monoisotopic (exact) mass is 216 g/mol. The summed E-state index contributed by atoms with van der Waals surface area (Å²) in [5.41, 5.74) is -0.590. The van der Waals surface area contributed by atoms with Gasteiger partial charge in [0.15, 0.2) is 0 Å². The predicted octanol–water partition coefficient (Wildman–Crippen LogP) is 1.36. The number of carboxylic acids is 1. The van der Waals surface area contributed by atoms with Crippen LogP contribution in [0.4, 0.5) is 0 Å². The van der Waals surface area contributed by atoms with E-state index in [4.69, 9.17) is 0 Å². The molecule has 1 unspecified atom stereocenters. The minimum Gasteiger partial charge on any atom is -0.481 e. The van der Waals surface area contributed by atoms with Gasteiger partial charge in [-0.3, -0.25) is 4.79 Å².